The molecule has 0 heterocycles. The Hall–Kier alpha value is -1.78. The van der Waals surface area contributed by atoms with E-state index in [0.717, 1.165) is 24.1 Å². The van der Waals surface area contributed by atoms with Crippen LogP contribution < -0.4 is 5.32 Å². The Balaban J connectivity index is 2.89. The molecule has 0 bridgehead atoms. The quantitative estimate of drug-likeness (QED) is 0.808. The van der Waals surface area contributed by atoms with Gasteiger partial charge in [-0.05, 0) is 31.5 Å². The highest BCUT2D eigenvalue weighted by Gasteiger charge is 2.31. The molecule has 1 aromatic carbocycles. The lowest BCUT2D eigenvalue weighted by molar-refractivity contribution is -0.137. The number of hydrogen-bond donors (Lipinski definition) is 1. The molecule has 0 aromatic heterocycles. The van der Waals surface area contributed by atoms with Crippen LogP contribution in [-0.4, -0.2) is 11.9 Å². The maximum atomic E-state index is 12.6. The summed E-state index contributed by atoms with van der Waals surface area (Å²) in [4.78, 5) is 12.0. The molecule has 20 heavy (non-hydrogen) atoms. The van der Waals surface area contributed by atoms with E-state index in [4.69, 9.17) is 0 Å². The second-order valence-corrected chi connectivity index (χ2v) is 4.74. The molecular weight excluding hydrogens is 267 g/mol. The number of carbonyl (C=O) groups excluding carboxylic acids is 1. The maximum Gasteiger partial charge on any atom is 0.416 e. The minimum Gasteiger partial charge on any atom is -0.346 e. The molecule has 0 aliphatic heterocycles. The topological polar surface area (TPSA) is 29.1 Å². The van der Waals surface area contributed by atoms with Gasteiger partial charge >= 0.3 is 6.18 Å². The van der Waals surface area contributed by atoms with Crippen molar-refractivity contribution in [3.05, 3.63) is 47.5 Å². The van der Waals surface area contributed by atoms with E-state index in [1.807, 2.05) is 6.92 Å². The molecule has 0 aliphatic carbocycles. The third-order valence-corrected chi connectivity index (χ3v) is 2.93. The van der Waals surface area contributed by atoms with Crippen LogP contribution in [0.1, 0.15) is 42.6 Å². The van der Waals surface area contributed by atoms with Crippen molar-refractivity contribution in [2.45, 2.75) is 38.9 Å². The van der Waals surface area contributed by atoms with Crippen LogP contribution in [0, 0.1) is 0 Å². The summed E-state index contributed by atoms with van der Waals surface area (Å²) in [6, 6.07) is 4.18. The lowest BCUT2D eigenvalue weighted by Crippen LogP contribution is -2.35. The third kappa shape index (κ3) is 4.40. The zero-order valence-electron chi connectivity index (χ0n) is 11.6. The van der Waals surface area contributed by atoms with Gasteiger partial charge in [0, 0.05) is 11.6 Å². The van der Waals surface area contributed by atoms with Crippen LogP contribution in [-0.2, 0) is 6.18 Å². The van der Waals surface area contributed by atoms with Gasteiger partial charge in [0.05, 0.1) is 5.56 Å². The Bertz CT molecular complexity index is 494. The first kappa shape index (κ1) is 16.3. The van der Waals surface area contributed by atoms with Crippen LogP contribution in [0.25, 0.3) is 0 Å². The summed E-state index contributed by atoms with van der Waals surface area (Å²) in [7, 11) is 0. The van der Waals surface area contributed by atoms with Gasteiger partial charge in [-0.15, -0.1) is 0 Å². The van der Waals surface area contributed by atoms with Crippen molar-refractivity contribution in [3.8, 4) is 0 Å². The molecule has 0 radical (unpaired) electrons. The summed E-state index contributed by atoms with van der Waals surface area (Å²) in [5, 5.41) is 2.71. The van der Waals surface area contributed by atoms with Gasteiger partial charge < -0.3 is 5.32 Å². The first-order valence-corrected chi connectivity index (χ1v) is 6.39. The van der Waals surface area contributed by atoms with E-state index in [2.05, 4.69) is 11.9 Å². The third-order valence-electron chi connectivity index (χ3n) is 2.93. The second-order valence-electron chi connectivity index (χ2n) is 4.74. The number of amides is 1. The number of nitrogens with one attached hydrogen (secondary N) is 1. The van der Waals surface area contributed by atoms with Gasteiger partial charge in [0.2, 0.25) is 0 Å². The Morgan fingerprint density at radius 2 is 2.05 bits per heavy atom. The predicted octanol–water partition coefficient (Wildman–Crippen LogP) is 4.18. The van der Waals surface area contributed by atoms with Gasteiger partial charge in [-0.1, -0.05) is 31.6 Å². The standard InChI is InChI=1S/C15H18F3NO/c1-4-6-13(10(2)3)19-14(20)11-7-5-8-12(9-11)15(16,17)18/h5,7-9,13H,2,4,6H2,1,3H3,(H,19,20). The SMILES string of the molecule is C=C(C)C(CCC)NC(=O)c1cccc(C(F)(F)F)c1. The molecule has 1 aromatic rings. The van der Waals surface area contributed by atoms with Gasteiger partial charge in [0.1, 0.15) is 0 Å². The van der Waals surface area contributed by atoms with E-state index in [0.29, 0.717) is 6.42 Å². The lowest BCUT2D eigenvalue weighted by atomic mass is 10.0. The van der Waals surface area contributed by atoms with Gasteiger partial charge in [0.25, 0.3) is 5.91 Å². The molecule has 1 unspecified atom stereocenters. The molecule has 0 fully saturated rings. The largest absolute Gasteiger partial charge is 0.416 e. The van der Waals surface area contributed by atoms with E-state index in [-0.39, 0.29) is 11.6 Å². The first-order valence-electron chi connectivity index (χ1n) is 6.39. The van der Waals surface area contributed by atoms with Crippen LogP contribution in [0.5, 0.6) is 0 Å². The van der Waals surface area contributed by atoms with Crippen molar-refractivity contribution >= 4 is 5.91 Å². The molecule has 110 valence electrons. The molecular formula is C15H18F3NO. The smallest absolute Gasteiger partial charge is 0.346 e. The summed E-state index contributed by atoms with van der Waals surface area (Å²) < 4.78 is 37.8. The van der Waals surface area contributed by atoms with Crippen molar-refractivity contribution in [3.63, 3.8) is 0 Å². The molecule has 0 saturated heterocycles. The van der Waals surface area contributed by atoms with Crippen LogP contribution in [0.3, 0.4) is 0 Å². The van der Waals surface area contributed by atoms with Crippen LogP contribution in [0.4, 0.5) is 13.2 Å². The summed E-state index contributed by atoms with van der Waals surface area (Å²) >= 11 is 0. The van der Waals surface area contributed by atoms with Crippen molar-refractivity contribution in [1.82, 2.24) is 5.32 Å². The fraction of sp³-hybridized carbons (Fsp3) is 0.400. The minimum atomic E-state index is -4.45. The lowest BCUT2D eigenvalue weighted by Gasteiger charge is -2.18. The average Bonchev–Trinajstić information content (AvgIpc) is 2.37. The number of rotatable bonds is 5. The minimum absolute atomic E-state index is 0.00202. The number of alkyl halides is 3. The number of hydrogen-bond acceptors (Lipinski definition) is 1. The van der Waals surface area contributed by atoms with Gasteiger partial charge in [0.15, 0.2) is 0 Å². The zero-order chi connectivity index (χ0) is 15.3. The summed E-state index contributed by atoms with van der Waals surface area (Å²) in [5.41, 5.74) is -0.0399. The van der Waals surface area contributed by atoms with E-state index in [9.17, 15) is 18.0 Å². The average molecular weight is 285 g/mol. The van der Waals surface area contributed by atoms with Gasteiger partial charge in [-0.2, -0.15) is 13.2 Å². The zero-order valence-corrected chi connectivity index (χ0v) is 11.6. The van der Waals surface area contributed by atoms with Crippen molar-refractivity contribution in [2.75, 3.05) is 0 Å². The summed E-state index contributed by atoms with van der Waals surface area (Å²) in [6.07, 6.45) is -2.89. The van der Waals surface area contributed by atoms with Crippen molar-refractivity contribution in [1.29, 1.82) is 0 Å². The number of benzene rings is 1. The van der Waals surface area contributed by atoms with Crippen LogP contribution in [0.15, 0.2) is 36.4 Å². The molecule has 2 nitrogen and oxygen atoms in total. The van der Waals surface area contributed by atoms with Crippen molar-refractivity contribution in [2.24, 2.45) is 0 Å². The van der Waals surface area contributed by atoms with Crippen LogP contribution in [0.2, 0.25) is 0 Å². The van der Waals surface area contributed by atoms with E-state index < -0.39 is 17.6 Å². The Labute approximate surface area is 116 Å². The van der Waals surface area contributed by atoms with E-state index >= 15 is 0 Å². The highest BCUT2D eigenvalue weighted by molar-refractivity contribution is 5.94. The maximum absolute atomic E-state index is 12.6. The summed E-state index contributed by atoms with van der Waals surface area (Å²) in [6.45, 7) is 7.53. The van der Waals surface area contributed by atoms with Gasteiger partial charge in [-0.3, -0.25) is 4.79 Å². The molecule has 5 heteroatoms. The Kier molecular flexibility index (Phi) is 5.36. The monoisotopic (exact) mass is 285 g/mol. The fourth-order valence-corrected chi connectivity index (χ4v) is 1.81. The molecule has 0 spiro atoms. The number of carbonyl (C=O) groups is 1. The molecule has 1 N–H and O–H groups in total. The Morgan fingerprint density at radius 3 is 2.55 bits per heavy atom. The molecule has 0 aliphatic rings. The second kappa shape index (κ2) is 6.59. The Morgan fingerprint density at radius 1 is 1.40 bits per heavy atom. The molecule has 0 saturated carbocycles. The van der Waals surface area contributed by atoms with Crippen LogP contribution >= 0.6 is 0 Å². The highest BCUT2D eigenvalue weighted by atomic mass is 19.4. The fourth-order valence-electron chi connectivity index (χ4n) is 1.81. The summed E-state index contributed by atoms with van der Waals surface area (Å²) in [5.74, 6) is -0.516. The first-order chi connectivity index (χ1) is 9.25. The van der Waals surface area contributed by atoms with Gasteiger partial charge in [-0.25, -0.2) is 0 Å². The van der Waals surface area contributed by atoms with E-state index in [1.54, 1.807) is 6.92 Å². The molecule has 1 rings (SSSR count). The van der Waals surface area contributed by atoms with Crippen molar-refractivity contribution < 1.29 is 18.0 Å². The van der Waals surface area contributed by atoms with E-state index in [1.165, 1.54) is 12.1 Å². The highest BCUT2D eigenvalue weighted by Crippen LogP contribution is 2.29. The normalized spacial score (nSPS) is 12.8. The molecule has 1 amide bonds. The number of halogens is 3. The molecule has 1 atom stereocenters. The predicted molar refractivity (Wildman–Crippen MR) is 72.4 cm³/mol.